The number of hydrogen-bond acceptors (Lipinski definition) is 3. The van der Waals surface area contributed by atoms with E-state index < -0.39 is 5.91 Å². The molecule has 3 N–H and O–H groups in total. The molecule has 23 heavy (non-hydrogen) atoms. The van der Waals surface area contributed by atoms with Crippen LogP contribution in [0.3, 0.4) is 0 Å². The second kappa shape index (κ2) is 6.50. The first-order valence-electron chi connectivity index (χ1n) is 7.89. The maximum atomic E-state index is 13.4. The molecule has 0 spiro atoms. The number of nitrogens with zero attached hydrogens (tertiary/aromatic N) is 2. The highest BCUT2D eigenvalue weighted by atomic mass is 19.1. The normalized spacial score (nSPS) is 20.3. The number of likely N-dealkylation sites (tertiary alicyclic amines) is 1. The van der Waals surface area contributed by atoms with Crippen molar-refractivity contribution in [3.63, 3.8) is 0 Å². The number of rotatable bonds is 4. The summed E-state index contributed by atoms with van der Waals surface area (Å²) < 4.78 is 13.4. The molecule has 122 valence electrons. The third-order valence-electron chi connectivity index (χ3n) is 4.62. The highest BCUT2D eigenvalue weighted by Gasteiger charge is 2.27. The molecular formula is C17H21FN4O. The molecular weight excluding hydrogens is 295 g/mol. The molecule has 3 rings (SSSR count). The van der Waals surface area contributed by atoms with Gasteiger partial charge in [-0.15, -0.1) is 0 Å². The SMILES string of the molecule is CC(c1cccc(F)c1)N1CCCC(c2cc(C(N)=O)n[nH]2)C1. The number of piperidine rings is 1. The van der Waals surface area contributed by atoms with Crippen LogP contribution in [0.25, 0.3) is 0 Å². The van der Waals surface area contributed by atoms with Crippen molar-refractivity contribution >= 4 is 5.91 Å². The van der Waals surface area contributed by atoms with Crippen LogP contribution in [0.4, 0.5) is 4.39 Å². The number of nitrogens with two attached hydrogens (primary N) is 1. The molecule has 0 aliphatic carbocycles. The van der Waals surface area contributed by atoms with Gasteiger partial charge in [-0.3, -0.25) is 14.8 Å². The molecule has 1 aromatic heterocycles. The minimum atomic E-state index is -0.520. The van der Waals surface area contributed by atoms with Crippen molar-refractivity contribution in [2.75, 3.05) is 13.1 Å². The van der Waals surface area contributed by atoms with E-state index in [1.165, 1.54) is 6.07 Å². The van der Waals surface area contributed by atoms with Gasteiger partial charge in [-0.2, -0.15) is 5.10 Å². The molecule has 1 fully saturated rings. The Morgan fingerprint density at radius 1 is 1.48 bits per heavy atom. The van der Waals surface area contributed by atoms with Gasteiger partial charge in [0.05, 0.1) is 0 Å². The third-order valence-corrected chi connectivity index (χ3v) is 4.62. The molecule has 5 nitrogen and oxygen atoms in total. The predicted octanol–water partition coefficient (Wildman–Crippen LogP) is 2.59. The first-order valence-corrected chi connectivity index (χ1v) is 7.89. The highest BCUT2D eigenvalue weighted by molar-refractivity contribution is 5.90. The van der Waals surface area contributed by atoms with Crippen molar-refractivity contribution in [2.45, 2.75) is 31.7 Å². The number of amides is 1. The molecule has 1 saturated heterocycles. The van der Waals surface area contributed by atoms with Gasteiger partial charge >= 0.3 is 0 Å². The molecule has 0 bridgehead atoms. The molecule has 2 atom stereocenters. The summed E-state index contributed by atoms with van der Waals surface area (Å²) in [4.78, 5) is 13.5. The molecule has 1 aliphatic heterocycles. The Bertz CT molecular complexity index is 699. The Balaban J connectivity index is 1.73. The Kier molecular flexibility index (Phi) is 4.43. The predicted molar refractivity (Wildman–Crippen MR) is 85.5 cm³/mol. The van der Waals surface area contributed by atoms with Gasteiger partial charge in [0.1, 0.15) is 11.5 Å². The lowest BCUT2D eigenvalue weighted by molar-refractivity contribution is 0.0995. The first kappa shape index (κ1) is 15.7. The minimum absolute atomic E-state index is 0.145. The first-order chi connectivity index (χ1) is 11.0. The Labute approximate surface area is 134 Å². The number of H-pyrrole nitrogens is 1. The van der Waals surface area contributed by atoms with Gasteiger partial charge in [0.25, 0.3) is 5.91 Å². The van der Waals surface area contributed by atoms with Crippen LogP contribution >= 0.6 is 0 Å². The highest BCUT2D eigenvalue weighted by Crippen LogP contribution is 2.31. The third kappa shape index (κ3) is 3.42. The molecule has 2 unspecified atom stereocenters. The Morgan fingerprint density at radius 3 is 3.00 bits per heavy atom. The summed E-state index contributed by atoms with van der Waals surface area (Å²) in [5.74, 6) is -0.448. The zero-order chi connectivity index (χ0) is 16.4. The van der Waals surface area contributed by atoms with E-state index in [0.717, 1.165) is 37.2 Å². The van der Waals surface area contributed by atoms with Crippen molar-refractivity contribution in [1.82, 2.24) is 15.1 Å². The van der Waals surface area contributed by atoms with Crippen LogP contribution in [0.5, 0.6) is 0 Å². The van der Waals surface area contributed by atoms with Gasteiger partial charge in [0.2, 0.25) is 0 Å². The lowest BCUT2D eigenvalue weighted by Gasteiger charge is -2.36. The van der Waals surface area contributed by atoms with Crippen LogP contribution in [0, 0.1) is 5.82 Å². The van der Waals surface area contributed by atoms with Crippen LogP contribution in [0.15, 0.2) is 30.3 Å². The van der Waals surface area contributed by atoms with E-state index in [0.29, 0.717) is 0 Å². The zero-order valence-corrected chi connectivity index (χ0v) is 13.1. The quantitative estimate of drug-likeness (QED) is 0.910. The van der Waals surface area contributed by atoms with Gasteiger partial charge in [-0.25, -0.2) is 4.39 Å². The Morgan fingerprint density at radius 2 is 2.30 bits per heavy atom. The van der Waals surface area contributed by atoms with Crippen molar-refractivity contribution in [3.05, 3.63) is 53.1 Å². The topological polar surface area (TPSA) is 75.0 Å². The summed E-state index contributed by atoms with van der Waals surface area (Å²) in [6.07, 6.45) is 2.09. The van der Waals surface area contributed by atoms with Gasteiger partial charge in [-0.05, 0) is 50.1 Å². The van der Waals surface area contributed by atoms with Crippen molar-refractivity contribution in [1.29, 1.82) is 0 Å². The second-order valence-corrected chi connectivity index (χ2v) is 6.14. The number of benzene rings is 1. The van der Waals surface area contributed by atoms with E-state index in [2.05, 4.69) is 22.0 Å². The molecule has 1 aromatic carbocycles. The number of nitrogens with one attached hydrogen (secondary N) is 1. The summed E-state index contributed by atoms with van der Waals surface area (Å²) in [6, 6.07) is 8.64. The largest absolute Gasteiger partial charge is 0.364 e. The molecule has 6 heteroatoms. The van der Waals surface area contributed by atoms with Crippen LogP contribution < -0.4 is 5.73 Å². The smallest absolute Gasteiger partial charge is 0.269 e. The molecule has 0 radical (unpaired) electrons. The number of carbonyl (C=O) groups excluding carboxylic acids is 1. The van der Waals surface area contributed by atoms with Crippen LogP contribution in [0.1, 0.15) is 53.5 Å². The zero-order valence-electron chi connectivity index (χ0n) is 13.1. The van der Waals surface area contributed by atoms with Crippen LogP contribution in [-0.2, 0) is 0 Å². The van der Waals surface area contributed by atoms with Crippen molar-refractivity contribution in [2.24, 2.45) is 5.73 Å². The van der Waals surface area contributed by atoms with E-state index in [1.807, 2.05) is 6.07 Å². The molecule has 1 aliphatic rings. The number of halogens is 1. The van der Waals surface area contributed by atoms with Gasteiger partial charge in [-0.1, -0.05) is 12.1 Å². The summed E-state index contributed by atoms with van der Waals surface area (Å²) in [6.45, 7) is 3.92. The lowest BCUT2D eigenvalue weighted by atomic mass is 9.92. The van der Waals surface area contributed by atoms with E-state index in [-0.39, 0.29) is 23.5 Å². The molecule has 2 aromatic rings. The number of aromatic nitrogens is 2. The van der Waals surface area contributed by atoms with E-state index in [4.69, 9.17) is 5.73 Å². The average Bonchev–Trinajstić information content (AvgIpc) is 3.04. The fourth-order valence-electron chi connectivity index (χ4n) is 3.26. The number of aromatic amines is 1. The van der Waals surface area contributed by atoms with E-state index in [9.17, 15) is 9.18 Å². The summed E-state index contributed by atoms with van der Waals surface area (Å²) >= 11 is 0. The number of primary amides is 1. The van der Waals surface area contributed by atoms with Crippen molar-refractivity contribution in [3.8, 4) is 0 Å². The van der Waals surface area contributed by atoms with Gasteiger partial charge in [0, 0.05) is 24.2 Å². The molecule has 1 amide bonds. The van der Waals surface area contributed by atoms with Crippen LogP contribution in [0.2, 0.25) is 0 Å². The minimum Gasteiger partial charge on any atom is -0.364 e. The fourth-order valence-corrected chi connectivity index (χ4v) is 3.26. The van der Waals surface area contributed by atoms with Crippen LogP contribution in [-0.4, -0.2) is 34.1 Å². The fraction of sp³-hybridized carbons (Fsp3) is 0.412. The number of hydrogen-bond donors (Lipinski definition) is 2. The van der Waals surface area contributed by atoms with E-state index >= 15 is 0 Å². The van der Waals surface area contributed by atoms with Gasteiger partial charge < -0.3 is 5.73 Å². The second-order valence-electron chi connectivity index (χ2n) is 6.14. The average molecular weight is 316 g/mol. The Hall–Kier alpha value is -2.21. The van der Waals surface area contributed by atoms with Gasteiger partial charge in [0.15, 0.2) is 0 Å². The lowest BCUT2D eigenvalue weighted by Crippen LogP contribution is -2.36. The summed E-state index contributed by atoms with van der Waals surface area (Å²) in [7, 11) is 0. The van der Waals surface area contributed by atoms with E-state index in [1.54, 1.807) is 18.2 Å². The summed E-state index contributed by atoms with van der Waals surface area (Å²) in [5, 5.41) is 6.89. The molecule has 2 heterocycles. The maximum Gasteiger partial charge on any atom is 0.269 e. The monoisotopic (exact) mass is 316 g/mol. The number of carbonyl (C=O) groups is 1. The standard InChI is InChI=1S/C17H21FN4O/c1-11(12-4-2-6-14(18)8-12)22-7-3-5-13(10-22)15-9-16(17(19)23)21-20-15/h2,4,6,8-9,11,13H,3,5,7,10H2,1H3,(H2,19,23)(H,20,21). The van der Waals surface area contributed by atoms with Crippen molar-refractivity contribution < 1.29 is 9.18 Å². The summed E-state index contributed by atoms with van der Waals surface area (Å²) in [5.41, 5.74) is 7.45. The maximum absolute atomic E-state index is 13.4. The molecule has 0 saturated carbocycles.